The number of fused-ring (bicyclic) bond motifs is 1. The van der Waals surface area contributed by atoms with Crippen LogP contribution in [0.4, 0.5) is 5.69 Å². The van der Waals surface area contributed by atoms with Gasteiger partial charge in [0, 0.05) is 17.1 Å². The quantitative estimate of drug-likeness (QED) is 0.473. The van der Waals surface area contributed by atoms with Crippen molar-refractivity contribution >= 4 is 34.5 Å². The molecule has 1 amide bonds. The van der Waals surface area contributed by atoms with Gasteiger partial charge in [-0.1, -0.05) is 0 Å². The van der Waals surface area contributed by atoms with Gasteiger partial charge in [-0.25, -0.2) is 14.4 Å². The Kier molecular flexibility index (Phi) is 6.35. The van der Waals surface area contributed by atoms with Crippen molar-refractivity contribution in [1.82, 2.24) is 0 Å². The van der Waals surface area contributed by atoms with Crippen molar-refractivity contribution < 1.29 is 33.0 Å². The average Bonchev–Trinajstić information content (AvgIpc) is 2.77. The lowest BCUT2D eigenvalue weighted by molar-refractivity contribution is 0.0599. The molecular formula is C22H19NO8. The van der Waals surface area contributed by atoms with Crippen molar-refractivity contribution in [2.24, 2.45) is 0 Å². The highest BCUT2D eigenvalue weighted by Gasteiger charge is 2.18. The average molecular weight is 425 g/mol. The maximum Gasteiger partial charge on any atom is 0.349 e. The number of nitrogens with one attached hydrogen (secondary N) is 1. The van der Waals surface area contributed by atoms with Gasteiger partial charge in [0.2, 0.25) is 0 Å². The van der Waals surface area contributed by atoms with Crippen molar-refractivity contribution in [1.29, 1.82) is 0 Å². The van der Waals surface area contributed by atoms with Crippen LogP contribution in [0.25, 0.3) is 11.0 Å². The Morgan fingerprint density at radius 2 is 1.58 bits per heavy atom. The van der Waals surface area contributed by atoms with Gasteiger partial charge in [-0.2, -0.15) is 0 Å². The molecule has 0 fully saturated rings. The molecule has 0 saturated heterocycles. The number of anilines is 1. The molecule has 0 saturated carbocycles. The highest BCUT2D eigenvalue weighted by molar-refractivity contribution is 6.07. The van der Waals surface area contributed by atoms with Crippen LogP contribution in [-0.2, 0) is 9.47 Å². The molecule has 9 heteroatoms. The van der Waals surface area contributed by atoms with E-state index in [0.717, 1.165) is 0 Å². The first-order valence-electron chi connectivity index (χ1n) is 9.20. The van der Waals surface area contributed by atoms with Crippen LogP contribution in [-0.4, -0.2) is 38.7 Å². The fourth-order valence-corrected chi connectivity index (χ4v) is 2.88. The summed E-state index contributed by atoms with van der Waals surface area (Å²) in [4.78, 5) is 48.9. The molecule has 0 aliphatic heterocycles. The summed E-state index contributed by atoms with van der Waals surface area (Å²) < 4.78 is 20.0. The summed E-state index contributed by atoms with van der Waals surface area (Å²) in [5.74, 6) is -1.67. The molecule has 0 bridgehead atoms. The SMILES string of the molecule is CCOc1ccc2cc(C(=O)Nc3cc(C(=O)OC)cc(C(=O)OC)c3)c(=O)oc2c1. The van der Waals surface area contributed by atoms with E-state index in [1.54, 1.807) is 18.2 Å². The van der Waals surface area contributed by atoms with Gasteiger partial charge in [0.05, 0.1) is 32.0 Å². The predicted molar refractivity (Wildman–Crippen MR) is 111 cm³/mol. The zero-order valence-corrected chi connectivity index (χ0v) is 17.0. The Labute approximate surface area is 176 Å². The molecular weight excluding hydrogens is 406 g/mol. The number of esters is 2. The maximum atomic E-state index is 12.7. The molecule has 2 aromatic carbocycles. The summed E-state index contributed by atoms with van der Waals surface area (Å²) in [6.45, 7) is 2.28. The van der Waals surface area contributed by atoms with Crippen LogP contribution in [0.15, 0.2) is 51.7 Å². The predicted octanol–water partition coefficient (Wildman–Crippen LogP) is 3.02. The molecule has 0 atom stereocenters. The van der Waals surface area contributed by atoms with Crippen molar-refractivity contribution in [3.05, 3.63) is 69.6 Å². The Bertz CT molecular complexity index is 1190. The first kappa shape index (κ1) is 21.6. The van der Waals surface area contributed by atoms with E-state index in [0.29, 0.717) is 17.7 Å². The van der Waals surface area contributed by atoms with Gasteiger partial charge in [-0.15, -0.1) is 0 Å². The van der Waals surface area contributed by atoms with Crippen molar-refractivity contribution in [2.75, 3.05) is 26.1 Å². The summed E-state index contributed by atoms with van der Waals surface area (Å²) >= 11 is 0. The zero-order chi connectivity index (χ0) is 22.5. The number of carbonyl (C=O) groups excluding carboxylic acids is 3. The molecule has 9 nitrogen and oxygen atoms in total. The first-order valence-corrected chi connectivity index (χ1v) is 9.20. The molecule has 0 aliphatic rings. The van der Waals surface area contributed by atoms with Gasteiger partial charge in [-0.3, -0.25) is 4.79 Å². The number of rotatable bonds is 6. The molecule has 160 valence electrons. The summed E-state index contributed by atoms with van der Waals surface area (Å²) in [6, 6.07) is 10.2. The standard InChI is InChI=1S/C22H19NO8/c1-4-30-16-6-5-12-10-17(22(27)31-18(12)11-16)19(24)23-15-8-13(20(25)28-2)7-14(9-15)21(26)29-3/h5-11H,4H2,1-3H3,(H,23,24). The van der Waals surface area contributed by atoms with Crippen molar-refractivity contribution in [3.8, 4) is 5.75 Å². The van der Waals surface area contributed by atoms with Crippen LogP contribution in [0.1, 0.15) is 38.0 Å². The van der Waals surface area contributed by atoms with Gasteiger partial charge in [0.15, 0.2) is 0 Å². The Balaban J connectivity index is 1.96. The Morgan fingerprint density at radius 3 is 2.16 bits per heavy atom. The lowest BCUT2D eigenvalue weighted by Gasteiger charge is -2.10. The van der Waals surface area contributed by atoms with Crippen LogP contribution in [0, 0.1) is 0 Å². The Hall–Kier alpha value is -4.14. The highest BCUT2D eigenvalue weighted by atomic mass is 16.5. The van der Waals surface area contributed by atoms with E-state index >= 15 is 0 Å². The van der Waals surface area contributed by atoms with Gasteiger partial charge >= 0.3 is 17.6 Å². The van der Waals surface area contributed by atoms with Gasteiger partial charge in [0.25, 0.3) is 5.91 Å². The van der Waals surface area contributed by atoms with E-state index in [-0.39, 0.29) is 28.0 Å². The number of hydrogen-bond donors (Lipinski definition) is 1. The number of amides is 1. The van der Waals surface area contributed by atoms with Crippen LogP contribution < -0.4 is 15.7 Å². The number of benzene rings is 2. The van der Waals surface area contributed by atoms with Gasteiger partial charge in [0.1, 0.15) is 16.9 Å². The summed E-state index contributed by atoms with van der Waals surface area (Å²) in [7, 11) is 2.37. The molecule has 1 heterocycles. The third-order valence-corrected chi connectivity index (χ3v) is 4.30. The third kappa shape index (κ3) is 4.72. The first-order chi connectivity index (χ1) is 14.9. The fourth-order valence-electron chi connectivity index (χ4n) is 2.88. The summed E-state index contributed by atoms with van der Waals surface area (Å²) in [5.41, 5.74) is -0.687. The molecule has 3 rings (SSSR count). The van der Waals surface area contributed by atoms with E-state index in [1.807, 2.05) is 6.92 Å². The van der Waals surface area contributed by atoms with E-state index in [2.05, 4.69) is 14.8 Å². The number of methoxy groups -OCH3 is 2. The third-order valence-electron chi connectivity index (χ3n) is 4.30. The minimum absolute atomic E-state index is 0.0229. The van der Waals surface area contributed by atoms with Gasteiger partial charge in [-0.05, 0) is 43.3 Å². The molecule has 1 N–H and O–H groups in total. The summed E-state index contributed by atoms with van der Waals surface area (Å²) in [6.07, 6.45) is 0. The van der Waals surface area contributed by atoms with E-state index < -0.39 is 23.5 Å². The van der Waals surface area contributed by atoms with Crippen LogP contribution in [0.3, 0.4) is 0 Å². The second kappa shape index (κ2) is 9.12. The minimum atomic E-state index is -0.851. The van der Waals surface area contributed by atoms with Crippen LogP contribution in [0.2, 0.25) is 0 Å². The number of carbonyl (C=O) groups is 3. The highest BCUT2D eigenvalue weighted by Crippen LogP contribution is 2.22. The molecule has 0 aliphatic carbocycles. The maximum absolute atomic E-state index is 12.7. The normalized spacial score (nSPS) is 10.4. The van der Waals surface area contributed by atoms with Crippen molar-refractivity contribution in [2.45, 2.75) is 6.92 Å². The molecule has 31 heavy (non-hydrogen) atoms. The fraction of sp³-hybridized carbons (Fsp3) is 0.182. The van der Waals surface area contributed by atoms with Crippen LogP contribution >= 0.6 is 0 Å². The van der Waals surface area contributed by atoms with E-state index in [9.17, 15) is 19.2 Å². The smallest absolute Gasteiger partial charge is 0.349 e. The lowest BCUT2D eigenvalue weighted by atomic mass is 10.1. The lowest BCUT2D eigenvalue weighted by Crippen LogP contribution is -2.21. The molecule has 0 spiro atoms. The van der Waals surface area contributed by atoms with Crippen molar-refractivity contribution in [3.63, 3.8) is 0 Å². The molecule has 0 unspecified atom stereocenters. The van der Waals surface area contributed by atoms with Gasteiger partial charge < -0.3 is 23.9 Å². The Morgan fingerprint density at radius 1 is 0.935 bits per heavy atom. The molecule has 1 aromatic heterocycles. The second-order valence-corrected chi connectivity index (χ2v) is 6.32. The molecule has 3 aromatic rings. The summed E-state index contributed by atoms with van der Waals surface area (Å²) in [5, 5.41) is 3.02. The van der Waals surface area contributed by atoms with E-state index in [4.69, 9.17) is 9.15 Å². The zero-order valence-electron chi connectivity index (χ0n) is 17.0. The van der Waals surface area contributed by atoms with E-state index in [1.165, 1.54) is 38.5 Å². The molecule has 0 radical (unpaired) electrons. The monoisotopic (exact) mass is 425 g/mol. The number of ether oxygens (including phenoxy) is 3. The largest absolute Gasteiger partial charge is 0.494 e. The topological polar surface area (TPSA) is 121 Å². The minimum Gasteiger partial charge on any atom is -0.494 e. The second-order valence-electron chi connectivity index (χ2n) is 6.32. The van der Waals surface area contributed by atoms with Crippen LogP contribution in [0.5, 0.6) is 5.75 Å². The number of hydrogen-bond acceptors (Lipinski definition) is 8.